The highest BCUT2D eigenvalue weighted by molar-refractivity contribution is 7.11. The Morgan fingerprint density at radius 3 is 3.12 bits per heavy atom. The lowest BCUT2D eigenvalue weighted by molar-refractivity contribution is 0.0857. The molecule has 1 saturated heterocycles. The van der Waals surface area contributed by atoms with Crippen LogP contribution < -0.4 is 0 Å². The molecule has 1 aromatic heterocycles. The molecule has 1 fully saturated rings. The SMILES string of the molecule is CCCN1CCCC2Cc3nc(C)sc3CC21. The fourth-order valence-corrected chi connectivity index (χ4v) is 4.59. The molecule has 2 aliphatic rings. The fourth-order valence-electron chi connectivity index (χ4n) is 3.58. The van der Waals surface area contributed by atoms with Crippen LogP contribution in [0.2, 0.25) is 0 Å². The summed E-state index contributed by atoms with van der Waals surface area (Å²) in [5, 5.41) is 1.26. The number of hydrogen-bond donors (Lipinski definition) is 0. The molecule has 0 N–H and O–H groups in total. The first-order valence-electron chi connectivity index (χ1n) is 6.97. The Labute approximate surface area is 108 Å². The monoisotopic (exact) mass is 250 g/mol. The van der Waals surface area contributed by atoms with Crippen LogP contribution in [0.5, 0.6) is 0 Å². The van der Waals surface area contributed by atoms with E-state index in [1.165, 1.54) is 55.9 Å². The van der Waals surface area contributed by atoms with Crippen LogP contribution >= 0.6 is 11.3 Å². The first-order chi connectivity index (χ1) is 8.28. The molecule has 2 heterocycles. The van der Waals surface area contributed by atoms with Gasteiger partial charge in [-0.2, -0.15) is 0 Å². The fraction of sp³-hybridized carbons (Fsp3) is 0.786. The first kappa shape index (κ1) is 11.7. The zero-order valence-electron chi connectivity index (χ0n) is 10.9. The van der Waals surface area contributed by atoms with Gasteiger partial charge in [0.05, 0.1) is 10.7 Å². The van der Waals surface area contributed by atoms with Crippen molar-refractivity contribution in [1.82, 2.24) is 9.88 Å². The number of rotatable bonds is 2. The Kier molecular flexibility index (Phi) is 3.22. The minimum Gasteiger partial charge on any atom is -0.300 e. The number of hydrogen-bond acceptors (Lipinski definition) is 3. The van der Waals surface area contributed by atoms with Crippen LogP contribution in [0.15, 0.2) is 0 Å². The molecule has 1 aliphatic heterocycles. The molecule has 0 saturated carbocycles. The van der Waals surface area contributed by atoms with E-state index in [-0.39, 0.29) is 0 Å². The van der Waals surface area contributed by atoms with Crippen LogP contribution in [0, 0.1) is 12.8 Å². The summed E-state index contributed by atoms with van der Waals surface area (Å²) in [4.78, 5) is 9.03. The molecule has 2 atom stereocenters. The maximum atomic E-state index is 4.71. The summed E-state index contributed by atoms with van der Waals surface area (Å²) in [6.07, 6.45) is 6.61. The van der Waals surface area contributed by atoms with Crippen molar-refractivity contribution in [3.8, 4) is 0 Å². The van der Waals surface area contributed by atoms with Gasteiger partial charge in [-0.25, -0.2) is 4.98 Å². The van der Waals surface area contributed by atoms with Gasteiger partial charge in [0.2, 0.25) is 0 Å². The number of piperidine rings is 1. The molecule has 1 aliphatic carbocycles. The van der Waals surface area contributed by atoms with E-state index in [0.29, 0.717) is 0 Å². The lowest BCUT2D eigenvalue weighted by Crippen LogP contribution is -2.49. The molecule has 0 bridgehead atoms. The molecule has 17 heavy (non-hydrogen) atoms. The Morgan fingerprint density at radius 2 is 2.29 bits per heavy atom. The van der Waals surface area contributed by atoms with Crippen LogP contribution in [-0.2, 0) is 12.8 Å². The van der Waals surface area contributed by atoms with Gasteiger partial charge in [-0.1, -0.05) is 6.92 Å². The van der Waals surface area contributed by atoms with Crippen molar-refractivity contribution in [1.29, 1.82) is 0 Å². The molecule has 1 aromatic rings. The van der Waals surface area contributed by atoms with E-state index in [4.69, 9.17) is 4.98 Å². The maximum absolute atomic E-state index is 4.71. The first-order valence-corrected chi connectivity index (χ1v) is 7.78. The van der Waals surface area contributed by atoms with E-state index >= 15 is 0 Å². The van der Waals surface area contributed by atoms with E-state index in [1.807, 2.05) is 11.3 Å². The minimum atomic E-state index is 0.816. The lowest BCUT2D eigenvalue weighted by atomic mass is 9.79. The molecule has 94 valence electrons. The quantitative estimate of drug-likeness (QED) is 0.802. The van der Waals surface area contributed by atoms with Gasteiger partial charge >= 0.3 is 0 Å². The van der Waals surface area contributed by atoms with Gasteiger partial charge in [0.25, 0.3) is 0 Å². The zero-order chi connectivity index (χ0) is 11.8. The number of fused-ring (bicyclic) bond motifs is 2. The number of thiazole rings is 1. The average molecular weight is 250 g/mol. The molecular weight excluding hydrogens is 228 g/mol. The summed E-state index contributed by atoms with van der Waals surface area (Å²) in [6.45, 7) is 7.06. The van der Waals surface area contributed by atoms with Crippen LogP contribution in [0.4, 0.5) is 0 Å². The van der Waals surface area contributed by atoms with Crippen molar-refractivity contribution in [2.75, 3.05) is 13.1 Å². The molecule has 0 spiro atoms. The molecule has 0 radical (unpaired) electrons. The molecule has 3 rings (SSSR count). The molecule has 0 amide bonds. The Bertz CT molecular complexity index is 397. The Morgan fingerprint density at radius 1 is 1.41 bits per heavy atom. The summed E-state index contributed by atoms with van der Waals surface area (Å²) in [7, 11) is 0. The van der Waals surface area contributed by atoms with Gasteiger partial charge in [-0.15, -0.1) is 11.3 Å². The maximum Gasteiger partial charge on any atom is 0.0900 e. The van der Waals surface area contributed by atoms with E-state index < -0.39 is 0 Å². The third-order valence-electron chi connectivity index (χ3n) is 4.28. The van der Waals surface area contributed by atoms with Gasteiger partial charge in [0, 0.05) is 10.9 Å². The average Bonchev–Trinajstić information content (AvgIpc) is 2.66. The molecule has 2 nitrogen and oxygen atoms in total. The van der Waals surface area contributed by atoms with Gasteiger partial charge in [-0.3, -0.25) is 4.90 Å². The van der Waals surface area contributed by atoms with Crippen molar-refractivity contribution in [3.63, 3.8) is 0 Å². The summed E-state index contributed by atoms with van der Waals surface area (Å²) >= 11 is 1.93. The normalized spacial score (nSPS) is 28.8. The lowest BCUT2D eigenvalue weighted by Gasteiger charge is -2.43. The van der Waals surface area contributed by atoms with Crippen molar-refractivity contribution in [2.45, 2.75) is 52.0 Å². The Hall–Kier alpha value is -0.410. The van der Waals surface area contributed by atoms with Crippen LogP contribution in [0.3, 0.4) is 0 Å². The van der Waals surface area contributed by atoms with Crippen LogP contribution in [-0.4, -0.2) is 29.0 Å². The third kappa shape index (κ3) is 2.15. The number of likely N-dealkylation sites (tertiary alicyclic amines) is 1. The highest BCUT2D eigenvalue weighted by Crippen LogP contribution is 2.36. The van der Waals surface area contributed by atoms with Gasteiger partial charge in [0.1, 0.15) is 0 Å². The van der Waals surface area contributed by atoms with E-state index in [0.717, 1.165) is 12.0 Å². The standard InChI is InChI=1S/C14H22N2S/c1-3-6-16-7-4-5-11-8-12-14(9-13(11)16)17-10(2)15-12/h11,13H,3-9H2,1-2H3. The van der Waals surface area contributed by atoms with Crippen LogP contribution in [0.1, 0.15) is 41.8 Å². The van der Waals surface area contributed by atoms with Gasteiger partial charge in [0.15, 0.2) is 0 Å². The second-order valence-corrected chi connectivity index (χ2v) is 6.80. The molecule has 2 unspecified atom stereocenters. The number of nitrogens with zero attached hydrogens (tertiary/aromatic N) is 2. The second-order valence-electron chi connectivity index (χ2n) is 5.52. The van der Waals surface area contributed by atoms with E-state index in [1.54, 1.807) is 4.88 Å². The van der Waals surface area contributed by atoms with Crippen molar-refractivity contribution >= 4 is 11.3 Å². The van der Waals surface area contributed by atoms with Crippen LogP contribution in [0.25, 0.3) is 0 Å². The summed E-state index contributed by atoms with van der Waals surface area (Å²) < 4.78 is 0. The number of aryl methyl sites for hydroxylation is 1. The van der Waals surface area contributed by atoms with Crippen molar-refractivity contribution < 1.29 is 0 Å². The third-order valence-corrected chi connectivity index (χ3v) is 5.31. The van der Waals surface area contributed by atoms with E-state index in [9.17, 15) is 0 Å². The van der Waals surface area contributed by atoms with Crippen molar-refractivity contribution in [3.05, 3.63) is 15.6 Å². The molecule has 3 heteroatoms. The molecule has 0 aromatic carbocycles. The minimum absolute atomic E-state index is 0.816. The largest absolute Gasteiger partial charge is 0.300 e. The highest BCUT2D eigenvalue weighted by Gasteiger charge is 2.36. The predicted molar refractivity (Wildman–Crippen MR) is 72.6 cm³/mol. The summed E-state index contributed by atoms with van der Waals surface area (Å²) in [6, 6.07) is 0.816. The number of aromatic nitrogens is 1. The van der Waals surface area contributed by atoms with E-state index in [2.05, 4.69) is 18.7 Å². The summed E-state index contributed by atoms with van der Waals surface area (Å²) in [5.41, 5.74) is 1.42. The highest BCUT2D eigenvalue weighted by atomic mass is 32.1. The predicted octanol–water partition coefficient (Wildman–Crippen LogP) is 3.04. The smallest absolute Gasteiger partial charge is 0.0900 e. The van der Waals surface area contributed by atoms with Gasteiger partial charge in [-0.05, 0) is 58.0 Å². The Balaban J connectivity index is 1.83. The second kappa shape index (κ2) is 4.69. The molecular formula is C14H22N2S. The zero-order valence-corrected chi connectivity index (χ0v) is 11.7. The summed E-state index contributed by atoms with van der Waals surface area (Å²) in [5.74, 6) is 0.879. The van der Waals surface area contributed by atoms with Crippen molar-refractivity contribution in [2.24, 2.45) is 5.92 Å². The topological polar surface area (TPSA) is 16.1 Å². The van der Waals surface area contributed by atoms with Gasteiger partial charge < -0.3 is 0 Å².